The Morgan fingerprint density at radius 2 is 2.24 bits per heavy atom. The van der Waals surface area contributed by atoms with E-state index in [-0.39, 0.29) is 11.9 Å². The summed E-state index contributed by atoms with van der Waals surface area (Å²) in [5.74, 6) is 1.52. The highest BCUT2D eigenvalue weighted by Gasteiger charge is 2.26. The van der Waals surface area contributed by atoms with E-state index in [0.29, 0.717) is 31.9 Å². The molecule has 0 radical (unpaired) electrons. The zero-order chi connectivity index (χ0) is 23.4. The Hall–Kier alpha value is -3.42. The largest absolute Gasteiger partial charge is 0.459 e. The Morgan fingerprint density at radius 1 is 1.42 bits per heavy atom. The summed E-state index contributed by atoms with van der Waals surface area (Å²) in [5.41, 5.74) is 10.4. The normalized spacial score (nSPS) is 15.6. The maximum atomic E-state index is 12.3. The Kier molecular flexibility index (Phi) is 6.91. The van der Waals surface area contributed by atoms with Gasteiger partial charge in [0.15, 0.2) is 0 Å². The lowest BCUT2D eigenvalue weighted by molar-refractivity contribution is -0.118. The number of rotatable bonds is 9. The number of amides is 1. The topological polar surface area (TPSA) is 96.4 Å². The molecule has 4 N–H and O–H groups in total. The highest BCUT2D eigenvalue weighted by atomic mass is 16.3. The molecule has 1 unspecified atom stereocenters. The first-order valence-corrected chi connectivity index (χ1v) is 11.2. The second-order valence-corrected chi connectivity index (χ2v) is 8.45. The molecule has 1 aliphatic rings. The molecule has 0 aliphatic carbocycles. The third-order valence-electron chi connectivity index (χ3n) is 6.02. The first-order valence-electron chi connectivity index (χ1n) is 11.2. The minimum atomic E-state index is -0.266. The van der Waals surface area contributed by atoms with Gasteiger partial charge in [-0.1, -0.05) is 30.9 Å². The molecular formula is C26H31N5O2. The van der Waals surface area contributed by atoms with Crippen molar-refractivity contribution in [3.05, 3.63) is 77.3 Å². The van der Waals surface area contributed by atoms with Gasteiger partial charge in [0.25, 0.3) is 0 Å². The predicted octanol–water partition coefficient (Wildman–Crippen LogP) is 3.60. The van der Waals surface area contributed by atoms with Crippen LogP contribution in [0, 0.1) is 6.92 Å². The van der Waals surface area contributed by atoms with Gasteiger partial charge in [-0.15, -0.1) is 0 Å². The van der Waals surface area contributed by atoms with E-state index in [0.717, 1.165) is 45.5 Å². The summed E-state index contributed by atoms with van der Waals surface area (Å²) in [6.07, 6.45) is 7.16. The summed E-state index contributed by atoms with van der Waals surface area (Å²) in [6, 6.07) is 9.87. The molecule has 1 amide bonds. The number of para-hydroxylation sites is 1. The van der Waals surface area contributed by atoms with Crippen LogP contribution in [0.3, 0.4) is 0 Å². The van der Waals surface area contributed by atoms with Crippen LogP contribution >= 0.6 is 0 Å². The van der Waals surface area contributed by atoms with Gasteiger partial charge in [-0.2, -0.15) is 0 Å². The molecule has 2 aromatic heterocycles. The van der Waals surface area contributed by atoms with E-state index < -0.39 is 0 Å². The predicted molar refractivity (Wildman–Crippen MR) is 133 cm³/mol. The number of hydrogen-bond donors (Lipinski definition) is 3. The molecule has 0 saturated heterocycles. The van der Waals surface area contributed by atoms with Gasteiger partial charge in [-0.25, -0.2) is 4.98 Å². The van der Waals surface area contributed by atoms with E-state index in [1.54, 1.807) is 6.20 Å². The SMILES string of the molecule is C=C(/C=C/c1cnc2c(c1)CC(NCCCN)C(=O)N2)N(C)Cc1oc2ccccc2c1C. The van der Waals surface area contributed by atoms with Gasteiger partial charge in [0.2, 0.25) is 5.91 Å². The van der Waals surface area contributed by atoms with Crippen molar-refractivity contribution in [1.82, 2.24) is 15.2 Å². The Balaban J connectivity index is 1.41. The molecule has 172 valence electrons. The molecule has 0 saturated carbocycles. The summed E-state index contributed by atoms with van der Waals surface area (Å²) in [4.78, 5) is 18.8. The average Bonchev–Trinajstić information content (AvgIpc) is 3.13. The van der Waals surface area contributed by atoms with E-state index in [4.69, 9.17) is 10.2 Å². The third kappa shape index (κ3) is 5.16. The molecule has 0 fully saturated rings. The number of anilines is 1. The Labute approximate surface area is 194 Å². The van der Waals surface area contributed by atoms with Gasteiger partial charge in [0, 0.05) is 36.3 Å². The number of carbonyl (C=O) groups is 1. The molecule has 0 bridgehead atoms. The minimum absolute atomic E-state index is 0.0498. The van der Waals surface area contributed by atoms with Crippen molar-refractivity contribution < 1.29 is 9.21 Å². The summed E-state index contributed by atoms with van der Waals surface area (Å²) in [6.45, 7) is 8.24. The van der Waals surface area contributed by atoms with Crippen molar-refractivity contribution in [2.24, 2.45) is 5.73 Å². The number of allylic oxidation sites excluding steroid dienone is 1. The number of hydrogen-bond acceptors (Lipinski definition) is 6. The van der Waals surface area contributed by atoms with Crippen molar-refractivity contribution in [1.29, 1.82) is 0 Å². The molecule has 4 rings (SSSR count). The third-order valence-corrected chi connectivity index (χ3v) is 6.02. The molecule has 3 heterocycles. The fourth-order valence-electron chi connectivity index (χ4n) is 3.96. The number of aromatic nitrogens is 1. The van der Waals surface area contributed by atoms with Gasteiger partial charge < -0.3 is 25.7 Å². The molecule has 1 aliphatic heterocycles. The van der Waals surface area contributed by atoms with E-state index >= 15 is 0 Å². The molecule has 7 nitrogen and oxygen atoms in total. The van der Waals surface area contributed by atoms with Crippen LogP contribution in [-0.2, 0) is 17.8 Å². The Bertz CT molecular complexity index is 1200. The van der Waals surface area contributed by atoms with E-state index in [9.17, 15) is 4.79 Å². The number of carbonyl (C=O) groups excluding carboxylic acids is 1. The van der Waals surface area contributed by atoms with Crippen molar-refractivity contribution in [3.63, 3.8) is 0 Å². The smallest absolute Gasteiger partial charge is 0.243 e. The molecule has 7 heteroatoms. The van der Waals surface area contributed by atoms with Gasteiger partial charge in [0.05, 0.1) is 12.6 Å². The molecule has 33 heavy (non-hydrogen) atoms. The number of nitrogens with zero attached hydrogens (tertiary/aromatic N) is 2. The van der Waals surface area contributed by atoms with E-state index in [2.05, 4.69) is 46.2 Å². The van der Waals surface area contributed by atoms with Crippen molar-refractivity contribution in [2.45, 2.75) is 32.4 Å². The van der Waals surface area contributed by atoms with Crippen LogP contribution in [0.15, 0.2) is 59.3 Å². The van der Waals surface area contributed by atoms with Gasteiger partial charge in [-0.3, -0.25) is 4.79 Å². The van der Waals surface area contributed by atoms with E-state index in [1.807, 2.05) is 37.4 Å². The van der Waals surface area contributed by atoms with E-state index in [1.165, 1.54) is 0 Å². The van der Waals surface area contributed by atoms with Crippen LogP contribution < -0.4 is 16.4 Å². The van der Waals surface area contributed by atoms with Crippen molar-refractivity contribution >= 4 is 28.8 Å². The average molecular weight is 446 g/mol. The van der Waals surface area contributed by atoms with Crippen molar-refractivity contribution in [2.75, 3.05) is 25.5 Å². The molecule has 1 atom stereocenters. The first kappa shape index (κ1) is 22.8. The lowest BCUT2D eigenvalue weighted by Crippen LogP contribution is -2.45. The number of benzene rings is 1. The molecule has 0 spiro atoms. The molecular weight excluding hydrogens is 414 g/mol. The highest BCUT2D eigenvalue weighted by Crippen LogP contribution is 2.27. The number of nitrogens with two attached hydrogens (primary N) is 1. The zero-order valence-corrected chi connectivity index (χ0v) is 19.2. The summed E-state index contributed by atoms with van der Waals surface area (Å²) >= 11 is 0. The number of likely N-dealkylation sites (N-methyl/N-ethyl adjacent to an activating group) is 1. The second-order valence-electron chi connectivity index (χ2n) is 8.45. The number of furan rings is 1. The van der Waals surface area contributed by atoms with Crippen LogP contribution in [0.25, 0.3) is 17.0 Å². The lowest BCUT2D eigenvalue weighted by Gasteiger charge is -2.25. The zero-order valence-electron chi connectivity index (χ0n) is 19.2. The lowest BCUT2D eigenvalue weighted by atomic mass is 10.00. The fourth-order valence-corrected chi connectivity index (χ4v) is 3.96. The van der Waals surface area contributed by atoms with Crippen LogP contribution in [0.5, 0.6) is 0 Å². The van der Waals surface area contributed by atoms with Crippen LogP contribution in [0.1, 0.15) is 28.9 Å². The number of pyridine rings is 1. The van der Waals surface area contributed by atoms with Crippen LogP contribution in [0.4, 0.5) is 5.82 Å². The maximum absolute atomic E-state index is 12.3. The first-order chi connectivity index (χ1) is 16.0. The minimum Gasteiger partial charge on any atom is -0.459 e. The second kappa shape index (κ2) is 10.0. The van der Waals surface area contributed by atoms with Gasteiger partial charge in [-0.05, 0) is 55.8 Å². The molecule has 3 aromatic rings. The number of fused-ring (bicyclic) bond motifs is 2. The highest BCUT2D eigenvalue weighted by molar-refractivity contribution is 5.97. The van der Waals surface area contributed by atoms with Gasteiger partial charge >= 0.3 is 0 Å². The number of aryl methyl sites for hydroxylation is 1. The van der Waals surface area contributed by atoms with Crippen LogP contribution in [0.2, 0.25) is 0 Å². The quantitative estimate of drug-likeness (QED) is 0.344. The monoisotopic (exact) mass is 445 g/mol. The van der Waals surface area contributed by atoms with Gasteiger partial charge in [0.1, 0.15) is 17.2 Å². The number of nitrogens with one attached hydrogen (secondary N) is 2. The standard InChI is InChI=1S/C26H31N5O2/c1-17(31(3)16-24-18(2)21-7-4-5-8-23(21)33-24)9-10-19-13-20-14-22(28-12-6-11-27)26(32)30-25(20)29-15-19/h4-5,7-10,13,15,22,28H,1,6,11-12,14,16,27H2,2-3H3,(H,29,30,32)/b10-9+. The molecule has 1 aromatic carbocycles. The maximum Gasteiger partial charge on any atom is 0.243 e. The summed E-state index contributed by atoms with van der Waals surface area (Å²) < 4.78 is 6.03. The Morgan fingerprint density at radius 3 is 3.03 bits per heavy atom. The summed E-state index contributed by atoms with van der Waals surface area (Å²) in [5, 5.41) is 7.30. The fraction of sp³-hybridized carbons (Fsp3) is 0.308. The van der Waals surface area contributed by atoms with Crippen molar-refractivity contribution in [3.8, 4) is 0 Å². The summed E-state index contributed by atoms with van der Waals surface area (Å²) in [7, 11) is 2.00. The van der Waals surface area contributed by atoms with Crippen LogP contribution in [-0.4, -0.2) is 42.0 Å².